The van der Waals surface area contributed by atoms with Crippen molar-refractivity contribution in [1.82, 2.24) is 0 Å². The summed E-state index contributed by atoms with van der Waals surface area (Å²) >= 11 is 0. The Labute approximate surface area is 248 Å². The number of hydrogen-bond acceptors (Lipinski definition) is 6. The van der Waals surface area contributed by atoms with Gasteiger partial charge < -0.3 is 25.5 Å². The standard InChI is InChI=1S/C24H33N2O6P.C4H8.2C2H6/c1-3-5-20-6-4-7-22(9-8-20)16-31-26-19(2)23-12-10-21(11-13-23)14-15-24(25,17-27)18-32-33(28,29)30;1-3-4-2;2*1-2/h3-13,20,27H,14-18,25H2,1-2H3,(H2,28,29,30);3H,1,4H2,2H3;2*1-2H3/b5-3+,26-19+;;;. The van der Waals surface area contributed by atoms with Crippen molar-refractivity contribution < 1.29 is 28.8 Å². The maximum atomic E-state index is 10.9. The molecule has 2 rings (SSSR count). The van der Waals surface area contributed by atoms with Crippen molar-refractivity contribution in [2.75, 3.05) is 19.8 Å². The van der Waals surface area contributed by atoms with Crippen LogP contribution in [0.4, 0.5) is 0 Å². The lowest BCUT2D eigenvalue weighted by molar-refractivity contribution is 0.102. The quantitative estimate of drug-likeness (QED) is 0.0835. The second-order valence-electron chi connectivity index (χ2n) is 8.72. The molecular weight excluding hydrogens is 539 g/mol. The number of nitrogens with zero attached hydrogens (tertiary/aromatic N) is 1. The van der Waals surface area contributed by atoms with E-state index in [2.05, 4.69) is 41.4 Å². The van der Waals surface area contributed by atoms with Crippen molar-refractivity contribution in [3.63, 3.8) is 0 Å². The summed E-state index contributed by atoms with van der Waals surface area (Å²) in [4.78, 5) is 23.2. The summed E-state index contributed by atoms with van der Waals surface area (Å²) in [7, 11) is -4.64. The number of aliphatic hydroxyl groups excluding tert-OH is 1. The molecule has 0 aromatic heterocycles. The summed E-state index contributed by atoms with van der Waals surface area (Å²) in [6, 6.07) is 7.66. The van der Waals surface area contributed by atoms with Gasteiger partial charge in [-0.05, 0) is 49.8 Å². The van der Waals surface area contributed by atoms with Gasteiger partial charge in [0.25, 0.3) is 0 Å². The highest BCUT2D eigenvalue weighted by atomic mass is 31.2. The lowest BCUT2D eigenvalue weighted by Gasteiger charge is -2.27. The Morgan fingerprint density at radius 1 is 1.17 bits per heavy atom. The molecule has 0 radical (unpaired) electrons. The predicted molar refractivity (Wildman–Crippen MR) is 173 cm³/mol. The van der Waals surface area contributed by atoms with Crippen LogP contribution in [0.5, 0.6) is 0 Å². The molecule has 0 amide bonds. The van der Waals surface area contributed by atoms with Crippen molar-refractivity contribution in [1.29, 1.82) is 0 Å². The first-order chi connectivity index (χ1) is 19.6. The second-order valence-corrected chi connectivity index (χ2v) is 9.96. The number of benzene rings is 1. The molecule has 1 aromatic rings. The maximum Gasteiger partial charge on any atom is 0.469 e. The van der Waals surface area contributed by atoms with E-state index in [4.69, 9.17) is 20.4 Å². The van der Waals surface area contributed by atoms with Crippen molar-refractivity contribution in [2.24, 2.45) is 16.8 Å². The normalized spacial score (nSPS) is 16.0. The lowest BCUT2D eigenvalue weighted by atomic mass is 9.93. The number of allylic oxidation sites excluding steroid dienone is 7. The van der Waals surface area contributed by atoms with Gasteiger partial charge in [-0.3, -0.25) is 4.52 Å². The third-order valence-corrected chi connectivity index (χ3v) is 5.90. The average molecular weight is 593 g/mol. The van der Waals surface area contributed by atoms with E-state index in [0.29, 0.717) is 19.4 Å². The highest BCUT2D eigenvalue weighted by Gasteiger charge is 2.28. The van der Waals surface area contributed by atoms with Crippen LogP contribution in [0.1, 0.15) is 72.4 Å². The number of nitrogens with two attached hydrogens (primary N) is 1. The van der Waals surface area contributed by atoms with Gasteiger partial charge in [-0.25, -0.2) is 4.57 Å². The first-order valence-electron chi connectivity index (χ1n) is 14.2. The molecule has 0 saturated carbocycles. The Kier molecular flexibility index (Phi) is 23.8. The van der Waals surface area contributed by atoms with E-state index in [1.807, 2.05) is 96.2 Å². The smallest absolute Gasteiger partial charge is 0.394 e. The Balaban J connectivity index is 0. The van der Waals surface area contributed by atoms with E-state index < -0.39 is 26.6 Å². The maximum absolute atomic E-state index is 10.9. The van der Waals surface area contributed by atoms with E-state index in [1.54, 1.807) is 0 Å². The number of phosphoric ester groups is 1. The Hall–Kier alpha value is -2.58. The fraction of sp³-hybridized carbons (Fsp3) is 0.469. The van der Waals surface area contributed by atoms with E-state index in [1.165, 1.54) is 0 Å². The molecule has 2 atom stereocenters. The molecule has 0 saturated heterocycles. The molecule has 2 unspecified atom stereocenters. The zero-order valence-electron chi connectivity index (χ0n) is 26.0. The zero-order chi connectivity index (χ0) is 31.7. The first kappa shape index (κ1) is 40.6. The second kappa shape index (κ2) is 24.1. The van der Waals surface area contributed by atoms with Crippen LogP contribution in [0, 0.1) is 5.92 Å². The lowest BCUT2D eigenvalue weighted by Crippen LogP contribution is -2.48. The molecule has 0 spiro atoms. The minimum absolute atomic E-state index is 0.285. The molecule has 232 valence electrons. The van der Waals surface area contributed by atoms with Gasteiger partial charge in [-0.15, -0.1) is 6.58 Å². The van der Waals surface area contributed by atoms with Crippen molar-refractivity contribution in [3.05, 3.63) is 96.2 Å². The fourth-order valence-electron chi connectivity index (χ4n) is 3.08. The summed E-state index contributed by atoms with van der Waals surface area (Å²) < 4.78 is 15.4. The third kappa shape index (κ3) is 20.0. The minimum Gasteiger partial charge on any atom is -0.394 e. The number of phosphoric acid groups is 1. The topological polar surface area (TPSA) is 135 Å². The Morgan fingerprint density at radius 2 is 1.78 bits per heavy atom. The molecule has 8 nitrogen and oxygen atoms in total. The molecular formula is C32H53N2O6P. The van der Waals surface area contributed by atoms with Gasteiger partial charge in [0.15, 0.2) is 0 Å². The van der Waals surface area contributed by atoms with Gasteiger partial charge in [0.2, 0.25) is 0 Å². The molecule has 5 N–H and O–H groups in total. The monoisotopic (exact) mass is 592 g/mol. The fourth-order valence-corrected chi connectivity index (χ4v) is 3.51. The largest absolute Gasteiger partial charge is 0.469 e. The Morgan fingerprint density at radius 3 is 2.29 bits per heavy atom. The van der Waals surface area contributed by atoms with Crippen LogP contribution in [0.3, 0.4) is 0 Å². The van der Waals surface area contributed by atoms with E-state index in [0.717, 1.165) is 28.8 Å². The van der Waals surface area contributed by atoms with Gasteiger partial charge >= 0.3 is 7.82 Å². The van der Waals surface area contributed by atoms with E-state index in [-0.39, 0.29) is 5.92 Å². The van der Waals surface area contributed by atoms with Crippen molar-refractivity contribution >= 4 is 13.5 Å². The summed E-state index contributed by atoms with van der Waals surface area (Å²) in [6.07, 6.45) is 18.2. The molecule has 0 heterocycles. The van der Waals surface area contributed by atoms with Crippen molar-refractivity contribution in [2.45, 2.75) is 73.3 Å². The predicted octanol–water partition coefficient (Wildman–Crippen LogP) is 7.04. The van der Waals surface area contributed by atoms with Gasteiger partial charge in [0.05, 0.1) is 24.5 Å². The van der Waals surface area contributed by atoms with Crippen LogP contribution < -0.4 is 5.73 Å². The molecule has 0 aliphatic heterocycles. The van der Waals surface area contributed by atoms with E-state index in [9.17, 15) is 9.67 Å². The summed E-state index contributed by atoms with van der Waals surface area (Å²) in [5, 5.41) is 13.7. The van der Waals surface area contributed by atoms with Crippen molar-refractivity contribution in [3.8, 4) is 0 Å². The SMILES string of the molecule is C/C=C/C1C=CC=C(CO/N=C(\C)c2ccc(CCC(N)(CO)COP(=O)(O)O)cc2)C=C1.C=CCC.CC.CC. The van der Waals surface area contributed by atoms with Crippen LogP contribution in [-0.2, 0) is 20.3 Å². The Bertz CT molecular complexity index is 1030. The summed E-state index contributed by atoms with van der Waals surface area (Å²) in [5.74, 6) is 0.285. The van der Waals surface area contributed by atoms with E-state index >= 15 is 0 Å². The highest BCUT2D eigenvalue weighted by molar-refractivity contribution is 7.46. The average Bonchev–Trinajstić information content (AvgIpc) is 3.22. The van der Waals surface area contributed by atoms with Gasteiger partial charge in [-0.2, -0.15) is 0 Å². The number of aryl methyl sites for hydroxylation is 1. The molecule has 0 bridgehead atoms. The zero-order valence-corrected chi connectivity index (χ0v) is 26.9. The molecule has 1 aliphatic carbocycles. The van der Waals surface area contributed by atoms with Gasteiger partial charge in [-0.1, -0.05) is 113 Å². The van der Waals surface area contributed by atoms with Crippen LogP contribution >= 0.6 is 7.82 Å². The van der Waals surface area contributed by atoms with Gasteiger partial charge in [0.1, 0.15) is 6.61 Å². The number of hydrogen-bond donors (Lipinski definition) is 4. The molecule has 1 aliphatic rings. The molecule has 0 fully saturated rings. The number of rotatable bonds is 13. The molecule has 41 heavy (non-hydrogen) atoms. The number of aliphatic hydroxyl groups is 1. The highest BCUT2D eigenvalue weighted by Crippen LogP contribution is 2.36. The van der Waals surface area contributed by atoms with Crippen LogP contribution in [0.25, 0.3) is 0 Å². The summed E-state index contributed by atoms with van der Waals surface area (Å²) in [5.41, 5.74) is 8.40. The van der Waals surface area contributed by atoms with Crippen LogP contribution in [0.2, 0.25) is 0 Å². The van der Waals surface area contributed by atoms with Crippen LogP contribution in [0.15, 0.2) is 90.2 Å². The molecule has 9 heteroatoms. The first-order valence-corrected chi connectivity index (χ1v) is 15.7. The number of oxime groups is 1. The summed E-state index contributed by atoms with van der Waals surface area (Å²) in [6.45, 7) is 16.9. The van der Waals surface area contributed by atoms with Gasteiger partial charge in [0, 0.05) is 5.92 Å². The molecule has 1 aromatic carbocycles. The third-order valence-electron chi connectivity index (χ3n) is 5.43. The minimum atomic E-state index is -4.64. The van der Waals surface area contributed by atoms with Crippen LogP contribution in [-0.4, -0.2) is 46.0 Å².